The number of rotatable bonds is 4. The Labute approximate surface area is 128 Å². The minimum absolute atomic E-state index is 0. The summed E-state index contributed by atoms with van der Waals surface area (Å²) in [4.78, 5) is 4.49. The normalized spacial score (nSPS) is 19.3. The fourth-order valence-electron chi connectivity index (χ4n) is 2.19. The van der Waals surface area contributed by atoms with E-state index in [0.717, 1.165) is 38.2 Å². The minimum Gasteiger partial charge on any atom is -0.388 e. The van der Waals surface area contributed by atoms with Crippen molar-refractivity contribution >= 4 is 29.9 Å². The van der Waals surface area contributed by atoms with Crippen LogP contribution in [0.25, 0.3) is 0 Å². The molecule has 4 nitrogen and oxygen atoms in total. The molecule has 3 N–H and O–H groups in total. The van der Waals surface area contributed by atoms with Crippen molar-refractivity contribution in [2.45, 2.75) is 64.5 Å². The van der Waals surface area contributed by atoms with Crippen molar-refractivity contribution < 1.29 is 5.11 Å². The predicted octanol–water partition coefficient (Wildman–Crippen LogP) is 2.26. The van der Waals surface area contributed by atoms with E-state index in [4.69, 9.17) is 0 Å². The molecule has 0 saturated heterocycles. The molecule has 0 amide bonds. The first-order chi connectivity index (χ1) is 8.06. The zero-order chi connectivity index (χ0) is 12.7. The van der Waals surface area contributed by atoms with Crippen LogP contribution in [0.3, 0.4) is 0 Å². The van der Waals surface area contributed by atoms with E-state index >= 15 is 0 Å². The van der Waals surface area contributed by atoms with Crippen molar-refractivity contribution in [3.8, 4) is 0 Å². The predicted molar refractivity (Wildman–Crippen MR) is 87.7 cm³/mol. The molecule has 1 aliphatic carbocycles. The van der Waals surface area contributed by atoms with Crippen LogP contribution >= 0.6 is 24.0 Å². The highest BCUT2D eigenvalue weighted by Gasteiger charge is 2.28. The number of nitrogens with one attached hydrogen (secondary N) is 2. The molecule has 1 aliphatic rings. The van der Waals surface area contributed by atoms with Gasteiger partial charge in [-0.3, -0.25) is 4.99 Å². The van der Waals surface area contributed by atoms with Gasteiger partial charge in [-0.1, -0.05) is 19.3 Å². The van der Waals surface area contributed by atoms with Gasteiger partial charge >= 0.3 is 0 Å². The summed E-state index contributed by atoms with van der Waals surface area (Å²) < 4.78 is 0. The molecule has 1 fully saturated rings. The molecule has 0 bridgehead atoms. The van der Waals surface area contributed by atoms with E-state index < -0.39 is 5.60 Å². The number of nitrogens with zero attached hydrogens (tertiary/aromatic N) is 1. The fraction of sp³-hybridized carbons (Fsp3) is 0.923. The van der Waals surface area contributed by atoms with Gasteiger partial charge in [-0.2, -0.15) is 0 Å². The van der Waals surface area contributed by atoms with Crippen molar-refractivity contribution in [3.63, 3.8) is 0 Å². The summed E-state index contributed by atoms with van der Waals surface area (Å²) in [7, 11) is 0. The first-order valence-corrected chi connectivity index (χ1v) is 6.83. The summed E-state index contributed by atoms with van der Waals surface area (Å²) in [6.07, 6.45) is 5.27. The average Bonchev–Trinajstić information content (AvgIpc) is 2.27. The Balaban J connectivity index is 0.00000289. The molecule has 108 valence electrons. The number of guanidine groups is 1. The third-order valence-corrected chi connectivity index (χ3v) is 3.09. The van der Waals surface area contributed by atoms with Crippen molar-refractivity contribution in [1.29, 1.82) is 0 Å². The zero-order valence-corrected chi connectivity index (χ0v) is 14.2. The molecule has 1 rings (SSSR count). The highest BCUT2D eigenvalue weighted by atomic mass is 127. The minimum atomic E-state index is -0.572. The number of aliphatic imine (C=N–C) groups is 1. The van der Waals surface area contributed by atoms with Gasteiger partial charge in [0.05, 0.1) is 12.1 Å². The lowest BCUT2D eigenvalue weighted by molar-refractivity contribution is 0.0131. The monoisotopic (exact) mass is 369 g/mol. The number of hydrogen-bond donors (Lipinski definition) is 3. The van der Waals surface area contributed by atoms with Crippen molar-refractivity contribution in [1.82, 2.24) is 10.6 Å². The highest BCUT2D eigenvalue weighted by molar-refractivity contribution is 14.0. The van der Waals surface area contributed by atoms with Crippen molar-refractivity contribution in [2.24, 2.45) is 4.99 Å². The lowest BCUT2D eigenvalue weighted by Crippen LogP contribution is -2.43. The van der Waals surface area contributed by atoms with E-state index in [1.54, 1.807) is 0 Å². The Morgan fingerprint density at radius 1 is 1.28 bits per heavy atom. The van der Waals surface area contributed by atoms with Gasteiger partial charge in [-0.05, 0) is 33.6 Å². The molecule has 0 unspecified atom stereocenters. The molecule has 1 saturated carbocycles. The molecular formula is C13H28IN3O. The van der Waals surface area contributed by atoms with Gasteiger partial charge in [-0.15, -0.1) is 24.0 Å². The Bertz CT molecular complexity index is 251. The summed E-state index contributed by atoms with van der Waals surface area (Å²) in [6, 6.07) is 0.355. The Morgan fingerprint density at radius 3 is 2.39 bits per heavy atom. The standard InChI is InChI=1S/C13H27N3O.HI/c1-4-14-12(16-11(2)3)15-10-13(17)8-6-5-7-9-13;/h11,17H,4-10H2,1-3H3,(H2,14,15,16);1H. The van der Waals surface area contributed by atoms with Crippen molar-refractivity contribution in [2.75, 3.05) is 13.1 Å². The van der Waals surface area contributed by atoms with E-state index in [1.807, 2.05) is 6.92 Å². The Kier molecular flexibility index (Phi) is 8.94. The van der Waals surface area contributed by atoms with Crippen LogP contribution < -0.4 is 10.6 Å². The van der Waals surface area contributed by atoms with Gasteiger partial charge < -0.3 is 15.7 Å². The van der Waals surface area contributed by atoms with E-state index in [9.17, 15) is 5.11 Å². The molecule has 0 aromatic heterocycles. The van der Waals surface area contributed by atoms with Gasteiger partial charge in [-0.25, -0.2) is 0 Å². The first-order valence-electron chi connectivity index (χ1n) is 6.83. The summed E-state index contributed by atoms with van der Waals surface area (Å²) in [5.74, 6) is 0.807. The van der Waals surface area contributed by atoms with Crippen LogP contribution in [0.1, 0.15) is 52.9 Å². The second-order valence-electron chi connectivity index (χ2n) is 5.28. The van der Waals surface area contributed by atoms with Crippen LogP contribution in [-0.4, -0.2) is 35.8 Å². The second-order valence-corrected chi connectivity index (χ2v) is 5.28. The van der Waals surface area contributed by atoms with Gasteiger partial charge in [0.2, 0.25) is 0 Å². The maximum absolute atomic E-state index is 10.4. The van der Waals surface area contributed by atoms with Crippen LogP contribution in [0.2, 0.25) is 0 Å². The molecule has 0 radical (unpaired) electrons. The maximum atomic E-state index is 10.4. The lowest BCUT2D eigenvalue weighted by atomic mass is 9.85. The number of hydrogen-bond acceptors (Lipinski definition) is 2. The Morgan fingerprint density at radius 2 is 1.89 bits per heavy atom. The highest BCUT2D eigenvalue weighted by Crippen LogP contribution is 2.28. The van der Waals surface area contributed by atoms with Gasteiger partial charge in [0, 0.05) is 12.6 Å². The summed E-state index contributed by atoms with van der Waals surface area (Å²) in [6.45, 7) is 7.57. The Hall–Kier alpha value is -0.0400. The first kappa shape index (κ1) is 18.0. The largest absolute Gasteiger partial charge is 0.388 e. The SMILES string of the molecule is CCNC(=NCC1(O)CCCCC1)NC(C)C.I. The molecule has 0 spiro atoms. The summed E-state index contributed by atoms with van der Waals surface area (Å²) in [5.41, 5.74) is -0.572. The quantitative estimate of drug-likeness (QED) is 0.405. The molecule has 5 heteroatoms. The maximum Gasteiger partial charge on any atom is 0.191 e. The average molecular weight is 369 g/mol. The zero-order valence-electron chi connectivity index (χ0n) is 11.8. The smallest absolute Gasteiger partial charge is 0.191 e. The third kappa shape index (κ3) is 6.78. The van der Waals surface area contributed by atoms with Crippen LogP contribution in [-0.2, 0) is 0 Å². The van der Waals surface area contributed by atoms with Crippen LogP contribution in [0, 0.1) is 0 Å². The molecule has 18 heavy (non-hydrogen) atoms. The van der Waals surface area contributed by atoms with Crippen LogP contribution in [0.5, 0.6) is 0 Å². The topological polar surface area (TPSA) is 56.7 Å². The summed E-state index contributed by atoms with van der Waals surface area (Å²) >= 11 is 0. The number of aliphatic hydroxyl groups is 1. The van der Waals surface area contributed by atoms with E-state index in [1.165, 1.54) is 6.42 Å². The van der Waals surface area contributed by atoms with Crippen LogP contribution in [0.4, 0.5) is 0 Å². The van der Waals surface area contributed by atoms with E-state index in [-0.39, 0.29) is 24.0 Å². The van der Waals surface area contributed by atoms with Gasteiger partial charge in [0.1, 0.15) is 0 Å². The van der Waals surface area contributed by atoms with E-state index in [2.05, 4.69) is 29.5 Å². The number of halogens is 1. The van der Waals surface area contributed by atoms with Gasteiger partial charge in [0.25, 0.3) is 0 Å². The molecule has 0 aliphatic heterocycles. The molecular weight excluding hydrogens is 341 g/mol. The molecule has 0 aromatic rings. The van der Waals surface area contributed by atoms with Crippen LogP contribution in [0.15, 0.2) is 4.99 Å². The molecule has 0 atom stereocenters. The lowest BCUT2D eigenvalue weighted by Gasteiger charge is -2.30. The fourth-order valence-corrected chi connectivity index (χ4v) is 2.19. The van der Waals surface area contributed by atoms with E-state index in [0.29, 0.717) is 12.6 Å². The molecule has 0 heterocycles. The third-order valence-electron chi connectivity index (χ3n) is 3.09. The van der Waals surface area contributed by atoms with Crippen molar-refractivity contribution in [3.05, 3.63) is 0 Å². The molecule has 0 aromatic carbocycles. The second kappa shape index (κ2) is 8.96. The summed E-state index contributed by atoms with van der Waals surface area (Å²) in [5, 5.41) is 16.8. The van der Waals surface area contributed by atoms with Gasteiger partial charge in [0.15, 0.2) is 5.96 Å².